The minimum Gasteiger partial charge on any atom is -0.507 e. The summed E-state index contributed by atoms with van der Waals surface area (Å²) in [6.07, 6.45) is 1.41. The number of carbonyl (C=O) groups excluding carboxylic acids is 2. The molecule has 0 unspecified atom stereocenters. The number of aromatic hydroxyl groups is 1. The fourth-order valence-electron chi connectivity index (χ4n) is 2.59. The number of hydrogen-bond acceptors (Lipinski definition) is 6. The third-order valence-corrected chi connectivity index (χ3v) is 4.21. The van der Waals surface area contributed by atoms with Crippen LogP contribution in [-0.2, 0) is 0 Å². The quantitative estimate of drug-likeness (QED) is 0.283. The molecule has 3 rings (SSSR count). The highest BCUT2D eigenvalue weighted by Gasteiger charge is 2.13. The largest absolute Gasteiger partial charge is 0.507 e. The molecule has 0 heterocycles. The Hall–Kier alpha value is -4.13. The maximum absolute atomic E-state index is 12.3. The molecule has 0 aliphatic heterocycles. The lowest BCUT2D eigenvalue weighted by molar-refractivity contribution is 0.0729. The van der Waals surface area contributed by atoms with Gasteiger partial charge >= 0.3 is 5.97 Å². The molecule has 3 aromatic carbocycles. The van der Waals surface area contributed by atoms with Crippen molar-refractivity contribution in [1.29, 1.82) is 0 Å². The summed E-state index contributed by atoms with van der Waals surface area (Å²) < 4.78 is 10.7. The lowest BCUT2D eigenvalue weighted by Gasteiger charge is -2.10. The number of carbonyl (C=O) groups is 2. The number of aryl methyl sites for hydroxylation is 1. The monoisotopic (exact) mass is 404 g/mol. The fourth-order valence-corrected chi connectivity index (χ4v) is 2.59. The van der Waals surface area contributed by atoms with Crippen molar-refractivity contribution < 1.29 is 24.2 Å². The predicted molar refractivity (Wildman–Crippen MR) is 112 cm³/mol. The second-order valence-corrected chi connectivity index (χ2v) is 6.38. The third-order valence-electron chi connectivity index (χ3n) is 4.21. The molecule has 0 spiro atoms. The Bertz CT molecular complexity index is 1090. The molecule has 0 saturated heterocycles. The van der Waals surface area contributed by atoms with E-state index in [0.29, 0.717) is 16.9 Å². The second kappa shape index (κ2) is 9.38. The van der Waals surface area contributed by atoms with Crippen LogP contribution in [-0.4, -0.2) is 30.3 Å². The lowest BCUT2D eigenvalue weighted by Crippen LogP contribution is -2.17. The van der Waals surface area contributed by atoms with Crippen LogP contribution in [0.3, 0.4) is 0 Å². The predicted octanol–water partition coefficient (Wildman–Crippen LogP) is 3.69. The first-order chi connectivity index (χ1) is 14.5. The molecule has 0 fully saturated rings. The minimum absolute atomic E-state index is 0.116. The first-order valence-electron chi connectivity index (χ1n) is 9.06. The summed E-state index contributed by atoms with van der Waals surface area (Å²) in [5, 5.41) is 13.6. The van der Waals surface area contributed by atoms with Gasteiger partial charge in [-0.2, -0.15) is 5.10 Å². The summed E-state index contributed by atoms with van der Waals surface area (Å²) in [5.41, 5.74) is 4.54. The Balaban J connectivity index is 1.68. The zero-order valence-corrected chi connectivity index (χ0v) is 16.5. The standard InChI is InChI=1S/C23H20N2O5/c1-15-7-10-17(11-8-15)23(28)30-20-12-9-16(13-21(20)29-2)14-24-25-22(27)18-5-3-4-6-19(18)26/h3-14,26H,1-2H3,(H,25,27)/b24-14-. The number of phenolic OH excluding ortho intramolecular Hbond substituents is 1. The van der Waals surface area contributed by atoms with E-state index < -0.39 is 11.9 Å². The number of nitrogens with zero attached hydrogens (tertiary/aromatic N) is 1. The van der Waals surface area contributed by atoms with E-state index in [0.717, 1.165) is 5.56 Å². The first-order valence-corrected chi connectivity index (χ1v) is 9.06. The summed E-state index contributed by atoms with van der Waals surface area (Å²) >= 11 is 0. The molecule has 3 aromatic rings. The molecule has 0 radical (unpaired) electrons. The number of phenols is 1. The van der Waals surface area contributed by atoms with Crippen LogP contribution in [0.4, 0.5) is 0 Å². The van der Waals surface area contributed by atoms with Gasteiger partial charge in [-0.1, -0.05) is 29.8 Å². The van der Waals surface area contributed by atoms with Crippen LogP contribution in [0.15, 0.2) is 71.8 Å². The molecule has 30 heavy (non-hydrogen) atoms. The molecule has 0 saturated carbocycles. The first kappa shape index (κ1) is 20.6. The summed E-state index contributed by atoms with van der Waals surface area (Å²) in [6.45, 7) is 1.93. The van der Waals surface area contributed by atoms with Gasteiger partial charge < -0.3 is 14.6 Å². The van der Waals surface area contributed by atoms with Crippen molar-refractivity contribution in [3.8, 4) is 17.2 Å². The topological polar surface area (TPSA) is 97.2 Å². The Kier molecular flexibility index (Phi) is 6.44. The van der Waals surface area contributed by atoms with Crippen LogP contribution < -0.4 is 14.9 Å². The smallest absolute Gasteiger partial charge is 0.343 e. The number of esters is 1. The zero-order valence-electron chi connectivity index (χ0n) is 16.5. The van der Waals surface area contributed by atoms with Crippen molar-refractivity contribution in [3.05, 3.63) is 89.0 Å². The van der Waals surface area contributed by atoms with E-state index in [4.69, 9.17) is 9.47 Å². The number of amides is 1. The Labute approximate surface area is 173 Å². The Morgan fingerprint density at radius 2 is 1.73 bits per heavy atom. The summed E-state index contributed by atoms with van der Waals surface area (Å²) in [7, 11) is 1.46. The fraction of sp³-hybridized carbons (Fsp3) is 0.0870. The van der Waals surface area contributed by atoms with Gasteiger partial charge in [-0.3, -0.25) is 4.79 Å². The van der Waals surface area contributed by atoms with Gasteiger partial charge in [0.05, 0.1) is 24.5 Å². The normalized spacial score (nSPS) is 10.6. The molecular formula is C23H20N2O5. The van der Waals surface area contributed by atoms with E-state index in [1.54, 1.807) is 42.5 Å². The number of rotatable bonds is 6. The van der Waals surface area contributed by atoms with E-state index in [2.05, 4.69) is 10.5 Å². The number of para-hydroxylation sites is 1. The average Bonchev–Trinajstić information content (AvgIpc) is 2.75. The van der Waals surface area contributed by atoms with Crippen LogP contribution in [0.5, 0.6) is 17.2 Å². The van der Waals surface area contributed by atoms with E-state index in [-0.39, 0.29) is 17.1 Å². The number of hydrazone groups is 1. The maximum atomic E-state index is 12.3. The molecule has 7 heteroatoms. The highest BCUT2D eigenvalue weighted by molar-refractivity contribution is 5.97. The number of methoxy groups -OCH3 is 1. The second-order valence-electron chi connectivity index (χ2n) is 6.38. The van der Waals surface area contributed by atoms with E-state index in [1.165, 1.54) is 25.5 Å². The average molecular weight is 404 g/mol. The number of nitrogens with one attached hydrogen (secondary N) is 1. The van der Waals surface area contributed by atoms with Gasteiger partial charge in [0, 0.05) is 0 Å². The van der Waals surface area contributed by atoms with Crippen LogP contribution in [0.1, 0.15) is 31.8 Å². The van der Waals surface area contributed by atoms with Crippen molar-refractivity contribution in [2.24, 2.45) is 5.10 Å². The maximum Gasteiger partial charge on any atom is 0.343 e. The molecule has 0 bridgehead atoms. The van der Waals surface area contributed by atoms with E-state index in [1.807, 2.05) is 19.1 Å². The van der Waals surface area contributed by atoms with E-state index in [9.17, 15) is 14.7 Å². The van der Waals surface area contributed by atoms with Crippen molar-refractivity contribution in [2.75, 3.05) is 7.11 Å². The number of benzene rings is 3. The van der Waals surface area contributed by atoms with Gasteiger partial charge in [-0.05, 0) is 55.0 Å². The Morgan fingerprint density at radius 3 is 2.43 bits per heavy atom. The third kappa shape index (κ3) is 5.02. The molecule has 0 aliphatic carbocycles. The van der Waals surface area contributed by atoms with Crippen molar-refractivity contribution in [1.82, 2.24) is 5.43 Å². The number of ether oxygens (including phenoxy) is 2. The van der Waals surface area contributed by atoms with Gasteiger partial charge in [-0.15, -0.1) is 0 Å². The molecule has 7 nitrogen and oxygen atoms in total. The molecule has 0 atom stereocenters. The highest BCUT2D eigenvalue weighted by Crippen LogP contribution is 2.28. The number of hydrogen-bond donors (Lipinski definition) is 2. The van der Waals surface area contributed by atoms with Gasteiger partial charge in [0.15, 0.2) is 11.5 Å². The Morgan fingerprint density at radius 1 is 1.00 bits per heavy atom. The van der Waals surface area contributed by atoms with Crippen molar-refractivity contribution in [2.45, 2.75) is 6.92 Å². The molecule has 152 valence electrons. The minimum atomic E-state index is -0.542. The highest BCUT2D eigenvalue weighted by atomic mass is 16.6. The van der Waals surface area contributed by atoms with Gasteiger partial charge in [-0.25, -0.2) is 10.2 Å². The summed E-state index contributed by atoms with van der Waals surface area (Å²) in [6, 6.07) is 18.1. The van der Waals surface area contributed by atoms with Crippen LogP contribution in [0.25, 0.3) is 0 Å². The molecular weight excluding hydrogens is 384 g/mol. The van der Waals surface area contributed by atoms with Crippen molar-refractivity contribution in [3.63, 3.8) is 0 Å². The van der Waals surface area contributed by atoms with Crippen LogP contribution in [0.2, 0.25) is 0 Å². The summed E-state index contributed by atoms with van der Waals surface area (Å²) in [4.78, 5) is 24.4. The summed E-state index contributed by atoms with van der Waals surface area (Å²) in [5.74, 6) is -0.568. The molecule has 1 amide bonds. The molecule has 0 aromatic heterocycles. The van der Waals surface area contributed by atoms with E-state index >= 15 is 0 Å². The molecule has 0 aliphatic rings. The lowest BCUT2D eigenvalue weighted by atomic mass is 10.1. The van der Waals surface area contributed by atoms with Gasteiger partial charge in [0.1, 0.15) is 5.75 Å². The van der Waals surface area contributed by atoms with Gasteiger partial charge in [0.2, 0.25) is 0 Å². The van der Waals surface area contributed by atoms with Crippen LogP contribution in [0, 0.1) is 6.92 Å². The zero-order chi connectivity index (χ0) is 21.5. The SMILES string of the molecule is COc1cc(/C=N\NC(=O)c2ccccc2O)ccc1OC(=O)c1ccc(C)cc1. The molecule has 2 N–H and O–H groups in total. The van der Waals surface area contributed by atoms with Crippen molar-refractivity contribution >= 4 is 18.1 Å². The van der Waals surface area contributed by atoms with Gasteiger partial charge in [0.25, 0.3) is 5.91 Å². The van der Waals surface area contributed by atoms with Crippen LogP contribution >= 0.6 is 0 Å².